The number of carbonyl (C=O) groups is 2. The molecule has 2 aliphatic heterocycles. The van der Waals surface area contributed by atoms with Crippen LogP contribution in [0.15, 0.2) is 42.5 Å². The molecule has 0 saturated heterocycles. The Labute approximate surface area is 273 Å². The van der Waals surface area contributed by atoms with Crippen molar-refractivity contribution in [2.75, 3.05) is 29.5 Å². The molecule has 2 aliphatic carbocycles. The summed E-state index contributed by atoms with van der Waals surface area (Å²) in [6, 6.07) is 9.30. The van der Waals surface area contributed by atoms with Crippen molar-refractivity contribution in [2.45, 2.75) is 63.0 Å². The van der Waals surface area contributed by atoms with Crippen LogP contribution in [0.25, 0.3) is 0 Å². The van der Waals surface area contributed by atoms with Gasteiger partial charge in [-0.3, -0.25) is 9.59 Å². The van der Waals surface area contributed by atoms with Crippen LogP contribution in [0.2, 0.25) is 5.02 Å². The molecule has 1 aromatic carbocycles. The van der Waals surface area contributed by atoms with Gasteiger partial charge in [-0.15, -0.1) is 0 Å². The highest BCUT2D eigenvalue weighted by Gasteiger charge is 2.44. The number of ketones is 1. The first-order valence-electron chi connectivity index (χ1n) is 14.9. The molecule has 43 heavy (non-hydrogen) atoms. The third-order valence-corrected chi connectivity index (χ3v) is 11.8. The zero-order chi connectivity index (χ0) is 30.9. The number of fused-ring (bicyclic) bond motifs is 4. The van der Waals surface area contributed by atoms with Crippen LogP contribution in [-0.4, -0.2) is 55.0 Å². The van der Waals surface area contributed by atoms with Gasteiger partial charge in [0.15, 0.2) is 17.4 Å². The van der Waals surface area contributed by atoms with Crippen molar-refractivity contribution in [3.63, 3.8) is 0 Å². The van der Waals surface area contributed by atoms with Crippen molar-refractivity contribution in [3.8, 4) is 5.75 Å². The Bertz CT molecular complexity index is 1530. The lowest BCUT2D eigenvalue weighted by Gasteiger charge is -2.43. The number of hydrogen-bond donors (Lipinski definition) is 1. The second kappa shape index (κ2) is 13.0. The van der Waals surface area contributed by atoms with Gasteiger partial charge in [0.05, 0.1) is 11.9 Å². The van der Waals surface area contributed by atoms with E-state index in [0.29, 0.717) is 42.7 Å². The predicted octanol–water partition coefficient (Wildman–Crippen LogP) is 5.90. The van der Waals surface area contributed by atoms with Crippen LogP contribution in [0.3, 0.4) is 0 Å². The molecule has 1 saturated carbocycles. The van der Waals surface area contributed by atoms with Crippen LogP contribution in [0, 0.1) is 17.8 Å². The Morgan fingerprint density at radius 1 is 1.14 bits per heavy atom. The first kappa shape index (κ1) is 32.2. The van der Waals surface area contributed by atoms with Gasteiger partial charge >= 0.3 is 0 Å². The molecule has 0 radical (unpaired) electrons. The molecule has 1 N–H and O–H groups in total. The molecule has 2 bridgehead atoms. The van der Waals surface area contributed by atoms with Gasteiger partial charge in [-0.2, -0.15) is 0 Å². The number of hydrogen-bond acceptors (Lipinski definition) is 7. The highest BCUT2D eigenvalue weighted by Crippen LogP contribution is 2.45. The van der Waals surface area contributed by atoms with Crippen LogP contribution in [0.1, 0.15) is 67.6 Å². The molecular weight excluding hydrogens is 701 g/mol. The lowest BCUT2D eigenvalue weighted by molar-refractivity contribution is -0.122. The number of sulfonamides is 1. The van der Waals surface area contributed by atoms with Crippen molar-refractivity contribution in [1.29, 1.82) is 0 Å². The Morgan fingerprint density at radius 3 is 2.67 bits per heavy atom. The van der Waals surface area contributed by atoms with Crippen molar-refractivity contribution in [1.82, 2.24) is 9.71 Å². The molecule has 1 spiro atoms. The molecule has 2 aromatic rings. The molecule has 11 heteroatoms. The summed E-state index contributed by atoms with van der Waals surface area (Å²) in [7, 11) is -3.97. The number of aromatic nitrogens is 1. The summed E-state index contributed by atoms with van der Waals surface area (Å²) in [6.45, 7) is 5.02. The number of pyridine rings is 1. The van der Waals surface area contributed by atoms with Gasteiger partial charge in [0.2, 0.25) is 10.0 Å². The van der Waals surface area contributed by atoms with Gasteiger partial charge in [0, 0.05) is 29.4 Å². The summed E-state index contributed by atoms with van der Waals surface area (Å²) in [6.07, 6.45) is 8.44. The second-order valence-corrected chi connectivity index (χ2v) is 14.7. The molecular formula is C32H39ClIN3O5S. The Morgan fingerprint density at radius 2 is 1.93 bits per heavy atom. The number of alkyl halides is 1. The number of nitrogens with one attached hydrogen (secondary N) is 1. The van der Waals surface area contributed by atoms with Crippen molar-refractivity contribution in [2.24, 2.45) is 17.8 Å². The Kier molecular flexibility index (Phi) is 9.78. The number of halogens is 2. The number of nitrogens with zero attached hydrogens (tertiary/aromatic N) is 2. The predicted molar refractivity (Wildman–Crippen MR) is 178 cm³/mol. The van der Waals surface area contributed by atoms with Gasteiger partial charge in [-0.25, -0.2) is 18.1 Å². The molecule has 1 aromatic heterocycles. The molecule has 5 atom stereocenters. The lowest BCUT2D eigenvalue weighted by atomic mass is 9.69. The highest BCUT2D eigenvalue weighted by molar-refractivity contribution is 14.1. The van der Waals surface area contributed by atoms with E-state index in [1.165, 1.54) is 17.2 Å². The zero-order valence-electron chi connectivity index (χ0n) is 24.8. The topological polar surface area (TPSA) is 106 Å². The average Bonchev–Trinajstić information content (AvgIpc) is 3.12. The number of benzene rings is 1. The van der Waals surface area contributed by atoms with Crippen LogP contribution in [-0.2, 0) is 26.7 Å². The molecule has 6 rings (SSSR count). The fourth-order valence-electron chi connectivity index (χ4n) is 6.85. The highest BCUT2D eigenvalue weighted by atomic mass is 127. The molecule has 3 heterocycles. The Balaban J connectivity index is 0.00000180. The average molecular weight is 740 g/mol. The maximum absolute atomic E-state index is 13.2. The van der Waals surface area contributed by atoms with Crippen molar-refractivity contribution < 1.29 is 22.7 Å². The number of allylic oxidation sites excluding steroid dienone is 2. The number of aryl methyl sites for hydroxylation is 1. The number of anilines is 1. The summed E-state index contributed by atoms with van der Waals surface area (Å²) >= 11 is 8.51. The summed E-state index contributed by atoms with van der Waals surface area (Å²) in [5.74, 6) is 0.147. The standard InChI is InChI=1S/C31H36ClN3O5S.CH3I/c1-19-5-3-7-27(36)24-10-8-22(24)16-35-17-31(14-4-6-21-15-23(32)9-11-25(21)31)18-40-28-13-12-26(33-29(28)35)30(37)34-41(38,39)20(19)2;1-2/h3,7,9,11-13,15,19-20,22,24H,4-6,8,10,14,16-18H2,1-2H3,(H,34,37);1H3/b7-3+;/t19-,20+,22-,24+,31-;/m0./s1. The largest absolute Gasteiger partial charge is 0.489 e. The Hall–Kier alpha value is -2.18. The minimum Gasteiger partial charge on any atom is -0.489 e. The molecule has 0 unspecified atom stereocenters. The lowest BCUT2D eigenvalue weighted by Crippen LogP contribution is -2.49. The van der Waals surface area contributed by atoms with E-state index < -0.39 is 21.2 Å². The van der Waals surface area contributed by atoms with Gasteiger partial charge in [0.25, 0.3) is 5.91 Å². The van der Waals surface area contributed by atoms with Crippen molar-refractivity contribution >= 4 is 61.7 Å². The third-order valence-electron chi connectivity index (χ3n) is 9.66. The second-order valence-electron chi connectivity index (χ2n) is 12.3. The summed E-state index contributed by atoms with van der Waals surface area (Å²) in [5, 5.41) is -0.126. The quantitative estimate of drug-likeness (QED) is 0.265. The van der Waals surface area contributed by atoms with Gasteiger partial charge in [0.1, 0.15) is 5.69 Å². The monoisotopic (exact) mass is 739 g/mol. The van der Waals surface area contributed by atoms with E-state index >= 15 is 0 Å². The van der Waals surface area contributed by atoms with Gasteiger partial charge < -0.3 is 9.64 Å². The van der Waals surface area contributed by atoms with Crippen LogP contribution < -0.4 is 14.4 Å². The number of carbonyl (C=O) groups excluding carboxylic acids is 2. The maximum Gasteiger partial charge on any atom is 0.283 e. The number of rotatable bonds is 0. The summed E-state index contributed by atoms with van der Waals surface area (Å²) < 4.78 is 34.8. The first-order chi connectivity index (χ1) is 20.6. The summed E-state index contributed by atoms with van der Waals surface area (Å²) in [5.41, 5.74) is 2.13. The molecule has 8 nitrogen and oxygen atoms in total. The summed E-state index contributed by atoms with van der Waals surface area (Å²) in [4.78, 5) is 35.3. The zero-order valence-corrected chi connectivity index (χ0v) is 28.5. The molecule has 232 valence electrons. The van der Waals surface area contributed by atoms with Crippen molar-refractivity contribution in [3.05, 3.63) is 64.3 Å². The van der Waals surface area contributed by atoms with Gasteiger partial charge in [-0.1, -0.05) is 53.3 Å². The minimum absolute atomic E-state index is 0.0146. The normalized spacial score (nSPS) is 30.7. The fraction of sp³-hybridized carbons (Fsp3) is 0.531. The fourth-order valence-corrected chi connectivity index (χ4v) is 8.31. The maximum atomic E-state index is 13.2. The van der Waals surface area contributed by atoms with Gasteiger partial charge in [-0.05, 0) is 104 Å². The SMILES string of the molecule is CI.C[C@@H]1[C@@H](C)C/C=C/C(=O)[C@@H]2CC[C@H]2CN2C[C@@]3(CCCc4cc(Cl)ccc43)COc3ccc(nc32)C(=O)NS1(=O)=O. The number of amides is 1. The van der Waals surface area contributed by atoms with Crippen LogP contribution >= 0.6 is 34.2 Å². The first-order valence-corrected chi connectivity index (χ1v) is 19.0. The van der Waals surface area contributed by atoms with E-state index in [4.69, 9.17) is 21.3 Å². The van der Waals surface area contributed by atoms with E-state index in [1.54, 1.807) is 25.1 Å². The van der Waals surface area contributed by atoms with E-state index in [-0.39, 0.29) is 34.6 Å². The van der Waals surface area contributed by atoms with Crippen LogP contribution in [0.4, 0.5) is 5.82 Å². The molecule has 1 amide bonds. The van der Waals surface area contributed by atoms with E-state index in [0.717, 1.165) is 32.1 Å². The number of ether oxygens (including phenoxy) is 1. The molecule has 4 aliphatic rings. The smallest absolute Gasteiger partial charge is 0.283 e. The van der Waals surface area contributed by atoms with E-state index in [9.17, 15) is 18.0 Å². The third kappa shape index (κ3) is 6.47. The van der Waals surface area contributed by atoms with Crippen LogP contribution in [0.5, 0.6) is 5.75 Å². The van der Waals surface area contributed by atoms with E-state index in [2.05, 4.69) is 38.3 Å². The minimum atomic E-state index is -3.97. The molecule has 1 fully saturated rings. The van der Waals surface area contributed by atoms with E-state index in [1.807, 2.05) is 24.0 Å².